The number of halogens is 2. The number of hydrogen-bond acceptors (Lipinski definition) is 3. The molecule has 0 aliphatic carbocycles. The van der Waals surface area contributed by atoms with Gasteiger partial charge in [-0.3, -0.25) is 0 Å². The van der Waals surface area contributed by atoms with Gasteiger partial charge in [-0.2, -0.15) is 0 Å². The number of pyridine rings is 1. The largest absolute Gasteiger partial charge is 0.384 e. The maximum Gasteiger partial charge on any atom is 0.146 e. The maximum atomic E-state index is 13.3. The summed E-state index contributed by atoms with van der Waals surface area (Å²) in [6.07, 6.45) is 1.44. The fourth-order valence-corrected chi connectivity index (χ4v) is 1.23. The van der Waals surface area contributed by atoms with E-state index in [1.54, 1.807) is 12.1 Å². The van der Waals surface area contributed by atoms with Crippen LogP contribution in [0.4, 0.5) is 26.0 Å². The molecule has 3 nitrogen and oxygen atoms in total. The summed E-state index contributed by atoms with van der Waals surface area (Å²) in [6.45, 7) is 0. The number of anilines is 3. The molecule has 5 heteroatoms. The molecule has 3 N–H and O–H groups in total. The molecule has 0 unspecified atom stereocenters. The van der Waals surface area contributed by atoms with Gasteiger partial charge in [0.15, 0.2) is 0 Å². The summed E-state index contributed by atoms with van der Waals surface area (Å²) in [4.78, 5) is 3.83. The second-order valence-electron chi connectivity index (χ2n) is 3.22. The van der Waals surface area contributed by atoms with Crippen molar-refractivity contribution in [2.45, 2.75) is 0 Å². The molecule has 0 amide bonds. The van der Waals surface area contributed by atoms with Gasteiger partial charge >= 0.3 is 0 Å². The number of nitrogens with zero attached hydrogens (tertiary/aromatic N) is 1. The SMILES string of the molecule is Nc1ccc(Nc2cc(F)ccc2F)cn1. The van der Waals surface area contributed by atoms with E-state index in [1.807, 2.05) is 0 Å². The van der Waals surface area contributed by atoms with Gasteiger partial charge < -0.3 is 11.1 Å². The summed E-state index contributed by atoms with van der Waals surface area (Å²) < 4.78 is 26.1. The first kappa shape index (κ1) is 10.4. The fraction of sp³-hybridized carbons (Fsp3) is 0. The van der Waals surface area contributed by atoms with Crippen molar-refractivity contribution in [3.63, 3.8) is 0 Å². The van der Waals surface area contributed by atoms with E-state index in [-0.39, 0.29) is 5.69 Å². The molecule has 1 aromatic carbocycles. The van der Waals surface area contributed by atoms with Gasteiger partial charge in [0, 0.05) is 6.07 Å². The smallest absolute Gasteiger partial charge is 0.146 e. The highest BCUT2D eigenvalue weighted by Crippen LogP contribution is 2.20. The van der Waals surface area contributed by atoms with Crippen LogP contribution in [-0.2, 0) is 0 Å². The van der Waals surface area contributed by atoms with Crippen LogP contribution in [0.1, 0.15) is 0 Å². The lowest BCUT2D eigenvalue weighted by molar-refractivity contribution is 0.603. The Kier molecular flexibility index (Phi) is 2.68. The summed E-state index contributed by atoms with van der Waals surface area (Å²) in [6, 6.07) is 6.39. The van der Waals surface area contributed by atoms with Crippen molar-refractivity contribution < 1.29 is 8.78 Å². The first-order valence-corrected chi connectivity index (χ1v) is 4.59. The zero-order valence-electron chi connectivity index (χ0n) is 8.24. The Hall–Kier alpha value is -2.17. The standard InChI is InChI=1S/C11H9F2N3/c12-7-1-3-9(13)10(5-7)16-8-2-4-11(14)15-6-8/h1-6,16H,(H2,14,15). The van der Waals surface area contributed by atoms with Crippen LogP contribution >= 0.6 is 0 Å². The highest BCUT2D eigenvalue weighted by atomic mass is 19.1. The van der Waals surface area contributed by atoms with Crippen LogP contribution in [0.3, 0.4) is 0 Å². The molecule has 16 heavy (non-hydrogen) atoms. The van der Waals surface area contributed by atoms with Gasteiger partial charge in [-0.25, -0.2) is 13.8 Å². The third-order valence-corrected chi connectivity index (χ3v) is 1.99. The second kappa shape index (κ2) is 4.14. The van der Waals surface area contributed by atoms with Crippen molar-refractivity contribution in [3.8, 4) is 0 Å². The van der Waals surface area contributed by atoms with Gasteiger partial charge in [0.1, 0.15) is 17.5 Å². The molecule has 0 atom stereocenters. The minimum atomic E-state index is -0.529. The molecule has 0 spiro atoms. The monoisotopic (exact) mass is 221 g/mol. The molecule has 0 saturated heterocycles. The number of rotatable bonds is 2. The van der Waals surface area contributed by atoms with Gasteiger partial charge in [0.05, 0.1) is 17.6 Å². The molecule has 0 aliphatic rings. The molecular formula is C11H9F2N3. The predicted molar refractivity (Wildman–Crippen MR) is 58.3 cm³/mol. The molecule has 0 radical (unpaired) electrons. The number of hydrogen-bond donors (Lipinski definition) is 2. The van der Waals surface area contributed by atoms with Crippen LogP contribution in [0.15, 0.2) is 36.5 Å². The summed E-state index contributed by atoms with van der Waals surface area (Å²) in [5.41, 5.74) is 6.00. The topological polar surface area (TPSA) is 50.9 Å². The van der Waals surface area contributed by atoms with E-state index in [0.717, 1.165) is 18.2 Å². The fourth-order valence-electron chi connectivity index (χ4n) is 1.23. The van der Waals surface area contributed by atoms with Crippen LogP contribution in [0.25, 0.3) is 0 Å². The van der Waals surface area contributed by atoms with Crippen molar-refractivity contribution in [1.29, 1.82) is 0 Å². The molecule has 0 aliphatic heterocycles. The Labute approximate surface area is 90.9 Å². The minimum Gasteiger partial charge on any atom is -0.384 e. The highest BCUT2D eigenvalue weighted by Gasteiger charge is 2.03. The van der Waals surface area contributed by atoms with Crippen LogP contribution < -0.4 is 11.1 Å². The molecule has 2 rings (SSSR count). The molecule has 0 saturated carbocycles. The van der Waals surface area contributed by atoms with E-state index < -0.39 is 11.6 Å². The van der Waals surface area contributed by atoms with Gasteiger partial charge in [-0.15, -0.1) is 0 Å². The Morgan fingerprint density at radius 2 is 1.94 bits per heavy atom. The Morgan fingerprint density at radius 3 is 2.62 bits per heavy atom. The molecule has 1 heterocycles. The predicted octanol–water partition coefficient (Wildman–Crippen LogP) is 2.69. The summed E-state index contributed by atoms with van der Waals surface area (Å²) >= 11 is 0. The molecule has 82 valence electrons. The van der Waals surface area contributed by atoms with Gasteiger partial charge in [-0.05, 0) is 24.3 Å². The Bertz CT molecular complexity index is 497. The average Bonchev–Trinajstić information content (AvgIpc) is 2.27. The second-order valence-corrected chi connectivity index (χ2v) is 3.22. The van der Waals surface area contributed by atoms with Crippen LogP contribution in [0.2, 0.25) is 0 Å². The molecule has 0 fully saturated rings. The maximum absolute atomic E-state index is 13.3. The van der Waals surface area contributed by atoms with Crippen molar-refractivity contribution in [1.82, 2.24) is 4.98 Å². The molecule has 2 aromatic rings. The first-order valence-electron chi connectivity index (χ1n) is 4.59. The third-order valence-electron chi connectivity index (χ3n) is 1.99. The molecular weight excluding hydrogens is 212 g/mol. The van der Waals surface area contributed by atoms with E-state index in [1.165, 1.54) is 6.20 Å². The number of benzene rings is 1. The van der Waals surface area contributed by atoms with Crippen molar-refractivity contribution in [2.75, 3.05) is 11.1 Å². The van der Waals surface area contributed by atoms with Crippen LogP contribution in [0, 0.1) is 11.6 Å². The van der Waals surface area contributed by atoms with Gasteiger partial charge in [0.2, 0.25) is 0 Å². The normalized spacial score (nSPS) is 10.1. The quantitative estimate of drug-likeness (QED) is 0.819. The van der Waals surface area contributed by atoms with E-state index in [4.69, 9.17) is 5.73 Å². The Morgan fingerprint density at radius 1 is 1.12 bits per heavy atom. The summed E-state index contributed by atoms with van der Waals surface area (Å²) in [7, 11) is 0. The lowest BCUT2D eigenvalue weighted by Crippen LogP contribution is -1.96. The van der Waals surface area contributed by atoms with Crippen molar-refractivity contribution in [2.24, 2.45) is 0 Å². The summed E-state index contributed by atoms with van der Waals surface area (Å²) in [5.74, 6) is -0.671. The first-order chi connectivity index (χ1) is 7.65. The van der Waals surface area contributed by atoms with Crippen LogP contribution in [0.5, 0.6) is 0 Å². The number of nitrogen functional groups attached to an aromatic ring is 1. The van der Waals surface area contributed by atoms with Gasteiger partial charge in [0.25, 0.3) is 0 Å². The third kappa shape index (κ3) is 2.25. The minimum absolute atomic E-state index is 0.0616. The van der Waals surface area contributed by atoms with Crippen LogP contribution in [-0.4, -0.2) is 4.98 Å². The molecule has 1 aromatic heterocycles. The number of aromatic nitrogens is 1. The highest BCUT2D eigenvalue weighted by molar-refractivity contribution is 5.60. The van der Waals surface area contributed by atoms with Crippen molar-refractivity contribution in [3.05, 3.63) is 48.2 Å². The Balaban J connectivity index is 2.26. The summed E-state index contributed by atoms with van der Waals surface area (Å²) in [5, 5.41) is 2.71. The zero-order chi connectivity index (χ0) is 11.5. The lowest BCUT2D eigenvalue weighted by atomic mass is 10.3. The van der Waals surface area contributed by atoms with E-state index >= 15 is 0 Å². The van der Waals surface area contributed by atoms with E-state index in [0.29, 0.717) is 11.5 Å². The number of nitrogens with one attached hydrogen (secondary N) is 1. The van der Waals surface area contributed by atoms with Crippen molar-refractivity contribution >= 4 is 17.2 Å². The lowest BCUT2D eigenvalue weighted by Gasteiger charge is -2.07. The zero-order valence-corrected chi connectivity index (χ0v) is 8.24. The van der Waals surface area contributed by atoms with E-state index in [2.05, 4.69) is 10.3 Å². The van der Waals surface area contributed by atoms with E-state index in [9.17, 15) is 8.78 Å². The average molecular weight is 221 g/mol. The number of nitrogens with two attached hydrogens (primary N) is 1. The van der Waals surface area contributed by atoms with Gasteiger partial charge in [-0.1, -0.05) is 0 Å². The molecule has 0 bridgehead atoms.